The SMILES string of the molecule is C=C(C)CCC(=O)OCCC#CC. The lowest BCUT2D eigenvalue weighted by Crippen LogP contribution is -2.05. The number of esters is 1. The van der Waals surface area contributed by atoms with E-state index in [4.69, 9.17) is 4.74 Å². The quantitative estimate of drug-likeness (QED) is 0.281. The molecule has 0 aliphatic carbocycles. The van der Waals surface area contributed by atoms with Crippen LogP contribution < -0.4 is 0 Å². The topological polar surface area (TPSA) is 26.3 Å². The molecular formula is C11H16O2. The summed E-state index contributed by atoms with van der Waals surface area (Å²) in [6.45, 7) is 7.77. The lowest BCUT2D eigenvalue weighted by atomic mass is 10.2. The molecule has 0 amide bonds. The third-order valence-electron chi connectivity index (χ3n) is 1.42. The van der Waals surface area contributed by atoms with Crippen LogP contribution in [0.3, 0.4) is 0 Å². The molecule has 72 valence electrons. The zero-order valence-electron chi connectivity index (χ0n) is 8.35. The Bertz CT molecular complexity index is 230. The molecule has 0 aliphatic heterocycles. The number of allylic oxidation sites excluding steroid dienone is 1. The Kier molecular flexibility index (Phi) is 6.72. The highest BCUT2D eigenvalue weighted by molar-refractivity contribution is 5.69. The van der Waals surface area contributed by atoms with Crippen LogP contribution in [0.5, 0.6) is 0 Å². The third-order valence-corrected chi connectivity index (χ3v) is 1.42. The summed E-state index contributed by atoms with van der Waals surface area (Å²) in [6.07, 6.45) is 1.75. The Morgan fingerprint density at radius 1 is 1.46 bits per heavy atom. The summed E-state index contributed by atoms with van der Waals surface area (Å²) in [6, 6.07) is 0. The van der Waals surface area contributed by atoms with E-state index in [1.54, 1.807) is 6.92 Å². The highest BCUT2D eigenvalue weighted by Crippen LogP contribution is 2.01. The maximum atomic E-state index is 11.0. The molecule has 0 radical (unpaired) electrons. The van der Waals surface area contributed by atoms with Crippen LogP contribution >= 0.6 is 0 Å². The molecule has 0 atom stereocenters. The van der Waals surface area contributed by atoms with E-state index in [0.717, 1.165) is 5.57 Å². The summed E-state index contributed by atoms with van der Waals surface area (Å²) in [7, 11) is 0. The summed E-state index contributed by atoms with van der Waals surface area (Å²) in [5, 5.41) is 0. The van der Waals surface area contributed by atoms with Gasteiger partial charge in [-0.05, 0) is 20.3 Å². The van der Waals surface area contributed by atoms with Gasteiger partial charge in [-0.25, -0.2) is 0 Å². The Balaban J connectivity index is 3.39. The first-order chi connectivity index (χ1) is 6.16. The summed E-state index contributed by atoms with van der Waals surface area (Å²) >= 11 is 0. The molecule has 0 spiro atoms. The summed E-state index contributed by atoms with van der Waals surface area (Å²) in [4.78, 5) is 11.0. The number of carbonyl (C=O) groups excluding carboxylic acids is 1. The van der Waals surface area contributed by atoms with Crippen LogP contribution in [-0.2, 0) is 9.53 Å². The highest BCUT2D eigenvalue weighted by Gasteiger charge is 2.00. The van der Waals surface area contributed by atoms with Crippen molar-refractivity contribution in [3.63, 3.8) is 0 Å². The first kappa shape index (κ1) is 11.8. The zero-order valence-corrected chi connectivity index (χ0v) is 8.35. The van der Waals surface area contributed by atoms with E-state index in [-0.39, 0.29) is 5.97 Å². The molecule has 0 aromatic rings. The molecule has 0 aromatic heterocycles. The van der Waals surface area contributed by atoms with Gasteiger partial charge < -0.3 is 4.74 Å². The number of rotatable bonds is 5. The van der Waals surface area contributed by atoms with Crippen LogP contribution in [0.15, 0.2) is 12.2 Å². The van der Waals surface area contributed by atoms with Gasteiger partial charge in [-0.1, -0.05) is 5.57 Å². The maximum absolute atomic E-state index is 11.0. The van der Waals surface area contributed by atoms with Crippen LogP contribution in [0.25, 0.3) is 0 Å². The molecule has 0 unspecified atom stereocenters. The van der Waals surface area contributed by atoms with E-state index in [2.05, 4.69) is 18.4 Å². The van der Waals surface area contributed by atoms with Gasteiger partial charge in [0.2, 0.25) is 0 Å². The van der Waals surface area contributed by atoms with Crippen molar-refractivity contribution >= 4 is 5.97 Å². The molecule has 2 heteroatoms. The van der Waals surface area contributed by atoms with Gasteiger partial charge in [0, 0.05) is 12.8 Å². The van der Waals surface area contributed by atoms with E-state index in [1.807, 2.05) is 6.92 Å². The molecule has 0 aromatic carbocycles. The van der Waals surface area contributed by atoms with Crippen LogP contribution in [0.4, 0.5) is 0 Å². The second kappa shape index (κ2) is 7.42. The fraction of sp³-hybridized carbons (Fsp3) is 0.545. The number of hydrogen-bond donors (Lipinski definition) is 0. The molecule has 0 rings (SSSR count). The lowest BCUT2D eigenvalue weighted by molar-refractivity contribution is -0.143. The van der Waals surface area contributed by atoms with Gasteiger partial charge in [-0.3, -0.25) is 4.79 Å². The first-order valence-electron chi connectivity index (χ1n) is 4.36. The molecule has 0 aliphatic rings. The summed E-state index contributed by atoms with van der Waals surface area (Å²) in [5.74, 6) is 5.39. The molecule has 0 N–H and O–H groups in total. The standard InChI is InChI=1S/C11H16O2/c1-4-5-6-9-13-11(12)8-7-10(2)3/h2,6-9H2,1,3H3. The highest BCUT2D eigenvalue weighted by atomic mass is 16.5. The van der Waals surface area contributed by atoms with Crippen molar-refractivity contribution in [1.29, 1.82) is 0 Å². The monoisotopic (exact) mass is 180 g/mol. The molecule has 0 saturated heterocycles. The van der Waals surface area contributed by atoms with Crippen molar-refractivity contribution in [1.82, 2.24) is 0 Å². The average molecular weight is 180 g/mol. The Hall–Kier alpha value is -1.23. The van der Waals surface area contributed by atoms with Crippen molar-refractivity contribution in [2.24, 2.45) is 0 Å². The molecule has 13 heavy (non-hydrogen) atoms. The minimum atomic E-state index is -0.166. The van der Waals surface area contributed by atoms with Gasteiger partial charge in [0.1, 0.15) is 6.61 Å². The molecule has 0 heterocycles. The minimum absolute atomic E-state index is 0.166. The fourth-order valence-electron chi connectivity index (χ4n) is 0.729. The van der Waals surface area contributed by atoms with E-state index in [1.165, 1.54) is 0 Å². The minimum Gasteiger partial charge on any atom is -0.465 e. The van der Waals surface area contributed by atoms with Crippen molar-refractivity contribution < 1.29 is 9.53 Å². The average Bonchev–Trinajstić information content (AvgIpc) is 2.09. The van der Waals surface area contributed by atoms with E-state index in [0.29, 0.717) is 25.9 Å². The lowest BCUT2D eigenvalue weighted by Gasteiger charge is -2.01. The maximum Gasteiger partial charge on any atom is 0.306 e. The van der Waals surface area contributed by atoms with Crippen LogP contribution in [0, 0.1) is 11.8 Å². The smallest absolute Gasteiger partial charge is 0.306 e. The van der Waals surface area contributed by atoms with Gasteiger partial charge >= 0.3 is 5.97 Å². The van der Waals surface area contributed by atoms with E-state index in [9.17, 15) is 4.79 Å². The first-order valence-corrected chi connectivity index (χ1v) is 4.36. The number of hydrogen-bond acceptors (Lipinski definition) is 2. The number of ether oxygens (including phenoxy) is 1. The zero-order chi connectivity index (χ0) is 10.1. The van der Waals surface area contributed by atoms with Crippen LogP contribution in [0.1, 0.15) is 33.1 Å². The molecule has 0 bridgehead atoms. The molecule has 2 nitrogen and oxygen atoms in total. The normalized spacial score (nSPS) is 8.46. The Morgan fingerprint density at radius 2 is 2.15 bits per heavy atom. The van der Waals surface area contributed by atoms with E-state index >= 15 is 0 Å². The van der Waals surface area contributed by atoms with Crippen LogP contribution in [-0.4, -0.2) is 12.6 Å². The predicted octanol–water partition coefficient (Wildman–Crippen LogP) is 2.30. The number of carbonyl (C=O) groups is 1. The molecular weight excluding hydrogens is 164 g/mol. The Labute approximate surface area is 80.0 Å². The van der Waals surface area contributed by atoms with Gasteiger partial charge in [0.15, 0.2) is 0 Å². The van der Waals surface area contributed by atoms with Gasteiger partial charge in [0.25, 0.3) is 0 Å². The largest absolute Gasteiger partial charge is 0.465 e. The van der Waals surface area contributed by atoms with Crippen molar-refractivity contribution in [3.05, 3.63) is 12.2 Å². The molecule has 0 fully saturated rings. The van der Waals surface area contributed by atoms with Gasteiger partial charge in [-0.2, -0.15) is 0 Å². The molecule has 0 saturated carbocycles. The fourth-order valence-corrected chi connectivity index (χ4v) is 0.729. The second-order valence-electron chi connectivity index (χ2n) is 2.85. The second-order valence-corrected chi connectivity index (χ2v) is 2.85. The van der Waals surface area contributed by atoms with Crippen molar-refractivity contribution in [2.45, 2.75) is 33.1 Å². The van der Waals surface area contributed by atoms with Crippen molar-refractivity contribution in [3.8, 4) is 11.8 Å². The third kappa shape index (κ3) is 8.68. The summed E-state index contributed by atoms with van der Waals surface area (Å²) < 4.78 is 4.91. The predicted molar refractivity (Wildman–Crippen MR) is 53.1 cm³/mol. The van der Waals surface area contributed by atoms with E-state index < -0.39 is 0 Å². The van der Waals surface area contributed by atoms with Gasteiger partial charge in [-0.15, -0.1) is 18.4 Å². The van der Waals surface area contributed by atoms with Gasteiger partial charge in [0.05, 0.1) is 0 Å². The Morgan fingerprint density at radius 3 is 2.69 bits per heavy atom. The van der Waals surface area contributed by atoms with Crippen LogP contribution in [0.2, 0.25) is 0 Å². The summed E-state index contributed by atoms with van der Waals surface area (Å²) in [5.41, 5.74) is 1.00. The van der Waals surface area contributed by atoms with Crippen molar-refractivity contribution in [2.75, 3.05) is 6.61 Å².